The van der Waals surface area contributed by atoms with Gasteiger partial charge in [0.05, 0.1) is 28.7 Å². The van der Waals surface area contributed by atoms with E-state index in [1.165, 1.54) is 10.9 Å². The van der Waals surface area contributed by atoms with Crippen molar-refractivity contribution in [2.45, 2.75) is 26.3 Å². The van der Waals surface area contributed by atoms with Gasteiger partial charge >= 0.3 is 0 Å². The summed E-state index contributed by atoms with van der Waals surface area (Å²) in [7, 11) is 4.07. The smallest absolute Gasteiger partial charge is 0.264 e. The van der Waals surface area contributed by atoms with Crippen molar-refractivity contribution in [3.05, 3.63) is 46.5 Å². The molecular formula is C21H19N4OS+. The van der Waals surface area contributed by atoms with Crippen molar-refractivity contribution in [2.75, 3.05) is 0 Å². The predicted molar refractivity (Wildman–Crippen MR) is 109 cm³/mol. The topological polar surface area (TPSA) is 39.2 Å². The lowest BCUT2D eigenvalue weighted by Gasteiger charge is -2.12. The summed E-state index contributed by atoms with van der Waals surface area (Å²) in [6.07, 6.45) is 3.93. The molecule has 0 aliphatic carbocycles. The first kappa shape index (κ1) is 16.3. The number of hydrogen-bond donors (Lipinski definition) is 0. The fourth-order valence-electron chi connectivity index (χ4n) is 3.97. The molecule has 0 saturated carbocycles. The van der Waals surface area contributed by atoms with Crippen molar-refractivity contribution in [2.24, 2.45) is 14.1 Å². The molecule has 0 fully saturated rings. The Morgan fingerprint density at radius 1 is 1.33 bits per heavy atom. The quantitative estimate of drug-likeness (QED) is 0.236. The highest BCUT2D eigenvalue weighted by molar-refractivity contribution is 7.19. The van der Waals surface area contributed by atoms with Crippen LogP contribution in [0.2, 0.25) is 0 Å². The number of benzene rings is 1. The molecule has 0 atom stereocenters. The van der Waals surface area contributed by atoms with Crippen LogP contribution >= 0.6 is 11.3 Å². The zero-order valence-electron chi connectivity index (χ0n) is 15.9. The third-order valence-electron chi connectivity index (χ3n) is 5.48. The average Bonchev–Trinajstić information content (AvgIpc) is 3.20. The molecule has 0 unspecified atom stereocenters. The summed E-state index contributed by atoms with van der Waals surface area (Å²) in [6.45, 7) is 13.7. The van der Waals surface area contributed by atoms with Gasteiger partial charge in [-0.05, 0) is 12.5 Å². The molecule has 27 heavy (non-hydrogen) atoms. The van der Waals surface area contributed by atoms with E-state index in [2.05, 4.69) is 44.2 Å². The summed E-state index contributed by atoms with van der Waals surface area (Å²) < 4.78 is 10.7. The van der Waals surface area contributed by atoms with Crippen LogP contribution in [0.3, 0.4) is 0 Å². The van der Waals surface area contributed by atoms with Crippen LogP contribution in [0, 0.1) is 13.5 Å². The van der Waals surface area contributed by atoms with Crippen LogP contribution in [0.25, 0.3) is 48.0 Å². The monoisotopic (exact) mass is 375 g/mol. The van der Waals surface area contributed by atoms with Crippen LogP contribution in [0.5, 0.6) is 0 Å². The molecule has 6 heteroatoms. The minimum Gasteiger partial charge on any atom is -0.454 e. The van der Waals surface area contributed by atoms with Gasteiger partial charge in [-0.3, -0.25) is 0 Å². The molecule has 5 nitrogen and oxygen atoms in total. The van der Waals surface area contributed by atoms with Gasteiger partial charge in [-0.25, -0.2) is 16.1 Å². The minimum absolute atomic E-state index is 0.655. The van der Waals surface area contributed by atoms with E-state index in [4.69, 9.17) is 11.0 Å². The van der Waals surface area contributed by atoms with Gasteiger partial charge in [0.25, 0.3) is 5.54 Å². The highest BCUT2D eigenvalue weighted by atomic mass is 32.1. The van der Waals surface area contributed by atoms with Crippen LogP contribution in [0.1, 0.15) is 24.3 Å². The van der Waals surface area contributed by atoms with Gasteiger partial charge in [0, 0.05) is 32.3 Å². The minimum atomic E-state index is -0.655. The van der Waals surface area contributed by atoms with E-state index >= 15 is 0 Å². The largest absolute Gasteiger partial charge is 0.454 e. The summed E-state index contributed by atoms with van der Waals surface area (Å²) >= 11 is 1.56. The van der Waals surface area contributed by atoms with Crippen molar-refractivity contribution in [3.63, 3.8) is 0 Å². The lowest BCUT2D eigenvalue weighted by atomic mass is 10.0. The summed E-state index contributed by atoms with van der Waals surface area (Å²) in [5.41, 5.74) is 4.44. The van der Waals surface area contributed by atoms with E-state index in [0.717, 1.165) is 42.7 Å². The SMILES string of the molecule is [C-]#[N+]C(C)(C)c1sc2ncn(C)c3c4c(C)c5cc[n+](C)c5cc4oc1c23. The van der Waals surface area contributed by atoms with E-state index in [1.54, 1.807) is 11.3 Å². The van der Waals surface area contributed by atoms with Gasteiger partial charge in [-0.2, -0.15) is 0 Å². The van der Waals surface area contributed by atoms with Crippen LogP contribution in [0.15, 0.2) is 29.1 Å². The highest BCUT2D eigenvalue weighted by Gasteiger charge is 2.34. The zero-order chi connectivity index (χ0) is 19.1. The molecule has 0 spiro atoms. The molecule has 134 valence electrons. The van der Waals surface area contributed by atoms with E-state index < -0.39 is 5.54 Å². The Labute approximate surface area is 160 Å². The normalized spacial score (nSPS) is 12.6. The summed E-state index contributed by atoms with van der Waals surface area (Å²) in [5.74, 6) is 0. The van der Waals surface area contributed by atoms with Crippen LogP contribution in [-0.4, -0.2) is 9.55 Å². The molecule has 0 saturated heterocycles. The van der Waals surface area contributed by atoms with E-state index in [-0.39, 0.29) is 0 Å². The van der Waals surface area contributed by atoms with Crippen molar-refractivity contribution < 1.29 is 8.98 Å². The summed E-state index contributed by atoms with van der Waals surface area (Å²) in [5, 5.41) is 3.36. The van der Waals surface area contributed by atoms with E-state index in [9.17, 15) is 0 Å². The highest BCUT2D eigenvalue weighted by Crippen LogP contribution is 2.45. The van der Waals surface area contributed by atoms with Gasteiger partial charge < -0.3 is 13.8 Å². The first-order valence-electron chi connectivity index (χ1n) is 8.80. The lowest BCUT2D eigenvalue weighted by Crippen LogP contribution is -2.24. The van der Waals surface area contributed by atoms with E-state index in [0.29, 0.717) is 0 Å². The fraction of sp³-hybridized carbons (Fsp3) is 0.286. The van der Waals surface area contributed by atoms with Gasteiger partial charge in [-0.1, -0.05) is 0 Å². The molecule has 0 radical (unpaired) electrons. The number of aromatic nitrogens is 3. The molecule has 4 heterocycles. The molecular weight excluding hydrogens is 356 g/mol. The second-order valence-corrected chi connectivity index (χ2v) is 8.65. The summed E-state index contributed by atoms with van der Waals surface area (Å²) in [4.78, 5) is 10.3. The second kappa shape index (κ2) is 5.08. The average molecular weight is 375 g/mol. The van der Waals surface area contributed by atoms with Crippen molar-refractivity contribution >= 4 is 54.5 Å². The molecule has 5 aromatic rings. The number of aryl methyl sites for hydroxylation is 3. The number of hydrogen-bond acceptors (Lipinski definition) is 3. The van der Waals surface area contributed by atoms with Gasteiger partial charge in [0.15, 0.2) is 11.8 Å². The molecule has 1 aromatic carbocycles. The summed E-state index contributed by atoms with van der Waals surface area (Å²) in [6, 6.07) is 4.26. The van der Waals surface area contributed by atoms with Gasteiger partial charge in [0.1, 0.15) is 22.3 Å². The maximum absolute atomic E-state index is 7.64. The Balaban J connectivity index is 2.12. The standard InChI is InChI=1S/C21H19N4OS/c1-11-12-7-8-24(5)13(12)9-14-15(11)17-16-18(26-14)19(21(2,3)22-4)27-20(16)23-10-25(17)6/h7-10H,1-3,5-6H3/q+1. The van der Waals surface area contributed by atoms with Crippen LogP contribution < -0.4 is 4.57 Å². The first-order chi connectivity index (χ1) is 12.8. The van der Waals surface area contributed by atoms with Crippen LogP contribution in [0.4, 0.5) is 0 Å². The van der Waals surface area contributed by atoms with Crippen molar-refractivity contribution in [3.8, 4) is 0 Å². The molecule has 0 aliphatic rings. The number of thiophene rings is 1. The third kappa shape index (κ3) is 1.98. The molecule has 0 N–H and O–H groups in total. The Bertz CT molecular complexity index is 1440. The molecule has 5 rings (SSSR count). The maximum atomic E-state index is 7.64. The van der Waals surface area contributed by atoms with Gasteiger partial charge in [-0.15, -0.1) is 11.3 Å². The Kier molecular flexibility index (Phi) is 3.06. The number of rotatable bonds is 1. The van der Waals surface area contributed by atoms with Crippen molar-refractivity contribution in [1.82, 2.24) is 9.55 Å². The predicted octanol–water partition coefficient (Wildman–Crippen LogP) is 4.97. The maximum Gasteiger partial charge on any atom is 0.264 e. The second-order valence-electron chi connectivity index (χ2n) is 7.65. The Morgan fingerprint density at radius 3 is 2.85 bits per heavy atom. The van der Waals surface area contributed by atoms with Crippen LogP contribution in [-0.2, 0) is 19.6 Å². The Morgan fingerprint density at radius 2 is 2.11 bits per heavy atom. The van der Waals surface area contributed by atoms with Crippen molar-refractivity contribution in [1.29, 1.82) is 0 Å². The third-order valence-corrected chi connectivity index (χ3v) is 6.87. The van der Waals surface area contributed by atoms with E-state index in [1.807, 2.05) is 34.3 Å². The zero-order valence-corrected chi connectivity index (χ0v) is 16.7. The fourth-order valence-corrected chi connectivity index (χ4v) is 5.09. The van der Waals surface area contributed by atoms with Gasteiger partial charge in [0.2, 0.25) is 5.52 Å². The first-order valence-corrected chi connectivity index (χ1v) is 9.62. The molecule has 0 aliphatic heterocycles. The lowest BCUT2D eigenvalue weighted by molar-refractivity contribution is -0.642. The molecule has 0 bridgehead atoms. The molecule has 4 aromatic heterocycles. The molecule has 0 amide bonds. The number of nitrogens with zero attached hydrogens (tertiary/aromatic N) is 4. The number of fused-ring (bicyclic) bond motifs is 3. The Hall–Kier alpha value is -2.91.